The van der Waals surface area contributed by atoms with E-state index in [-0.39, 0.29) is 24.7 Å². The second-order valence-corrected chi connectivity index (χ2v) is 16.1. The Balaban J connectivity index is 0.738. The fourth-order valence-corrected chi connectivity index (χ4v) is 8.92. The molecule has 1 unspecified atom stereocenters. The van der Waals surface area contributed by atoms with Gasteiger partial charge >= 0.3 is 0 Å². The van der Waals surface area contributed by atoms with Crippen molar-refractivity contribution in [1.82, 2.24) is 35.0 Å². The van der Waals surface area contributed by atoms with Crippen molar-refractivity contribution in [1.29, 1.82) is 0 Å². The van der Waals surface area contributed by atoms with Crippen LogP contribution in [0.2, 0.25) is 5.02 Å². The van der Waals surface area contributed by atoms with Gasteiger partial charge in [-0.25, -0.2) is 9.97 Å². The number of fused-ring (bicyclic) bond motifs is 2. The highest BCUT2D eigenvalue weighted by Gasteiger charge is 2.45. The normalized spacial score (nSPS) is 19.2. The second-order valence-electron chi connectivity index (χ2n) is 15.7. The Bertz CT molecular complexity index is 2480. The minimum absolute atomic E-state index is 0.0892. The van der Waals surface area contributed by atoms with E-state index in [1.165, 1.54) is 6.33 Å². The number of piperazine rings is 1. The summed E-state index contributed by atoms with van der Waals surface area (Å²) in [5, 5.41) is 6.79. The van der Waals surface area contributed by atoms with E-state index in [1.54, 1.807) is 36.5 Å². The number of aromatic nitrogens is 3. The Kier molecular flexibility index (Phi) is 11.0. The van der Waals surface area contributed by atoms with E-state index in [9.17, 15) is 24.0 Å². The van der Waals surface area contributed by atoms with E-state index in [0.29, 0.717) is 55.6 Å². The number of hydrogen-bond donors (Lipinski definition) is 3. The average Bonchev–Trinajstić information content (AvgIpc) is 3.80. The van der Waals surface area contributed by atoms with Crippen LogP contribution in [0, 0.1) is 0 Å². The molecule has 16 heteroatoms. The summed E-state index contributed by atoms with van der Waals surface area (Å²) in [4.78, 5) is 84.6. The summed E-state index contributed by atoms with van der Waals surface area (Å²) in [5.74, 6) is -0.384. The Morgan fingerprint density at radius 1 is 0.800 bits per heavy atom. The predicted octanol–water partition coefficient (Wildman–Crippen LogP) is 5.12. The fourth-order valence-electron chi connectivity index (χ4n) is 8.66. The highest BCUT2D eigenvalue weighted by atomic mass is 35.5. The van der Waals surface area contributed by atoms with Crippen molar-refractivity contribution < 1.29 is 28.7 Å². The van der Waals surface area contributed by atoms with Crippen LogP contribution in [-0.4, -0.2) is 124 Å². The third-order valence-corrected chi connectivity index (χ3v) is 12.2. The van der Waals surface area contributed by atoms with Crippen LogP contribution >= 0.6 is 11.6 Å². The second kappa shape index (κ2) is 16.8. The summed E-state index contributed by atoms with van der Waals surface area (Å²) < 4.78 is 5.90. The van der Waals surface area contributed by atoms with Crippen molar-refractivity contribution in [3.8, 4) is 11.5 Å². The van der Waals surface area contributed by atoms with Gasteiger partial charge in [0.2, 0.25) is 11.8 Å². The van der Waals surface area contributed by atoms with Crippen LogP contribution in [0.4, 0.5) is 11.5 Å². The number of benzene rings is 3. The van der Waals surface area contributed by atoms with Gasteiger partial charge in [-0.1, -0.05) is 29.8 Å². The number of carbonyl (C=O) groups is 5. The van der Waals surface area contributed by atoms with Crippen LogP contribution in [0.15, 0.2) is 79.3 Å². The number of para-hydroxylation sites is 1. The number of halogens is 1. The van der Waals surface area contributed by atoms with Gasteiger partial charge in [-0.3, -0.25) is 39.1 Å². The van der Waals surface area contributed by atoms with Crippen molar-refractivity contribution in [2.24, 2.45) is 0 Å². The van der Waals surface area contributed by atoms with Crippen LogP contribution < -0.4 is 20.3 Å². The third-order valence-electron chi connectivity index (χ3n) is 11.9. The molecule has 0 spiro atoms. The average molecular weight is 830 g/mol. The number of rotatable bonds is 12. The molecule has 60 heavy (non-hydrogen) atoms. The Labute approximate surface area is 351 Å². The summed E-state index contributed by atoms with van der Waals surface area (Å²) in [5.41, 5.74) is 2.85. The van der Waals surface area contributed by atoms with Gasteiger partial charge in [0.1, 0.15) is 35.3 Å². The molecule has 0 aliphatic carbocycles. The van der Waals surface area contributed by atoms with Crippen molar-refractivity contribution in [3.05, 3.63) is 107 Å². The van der Waals surface area contributed by atoms with Gasteiger partial charge in [-0.05, 0) is 81.2 Å². The molecule has 3 aromatic carbocycles. The molecule has 0 radical (unpaired) electrons. The molecule has 15 nitrogen and oxygen atoms in total. The maximum Gasteiger partial charge on any atom is 0.262 e. The first-order valence-electron chi connectivity index (χ1n) is 20.4. The lowest BCUT2D eigenvalue weighted by molar-refractivity contribution is -0.136. The molecule has 2 aromatic heterocycles. The fraction of sp³-hybridized carbons (Fsp3) is 0.341. The number of piperidine rings is 2. The van der Waals surface area contributed by atoms with Gasteiger partial charge in [0.15, 0.2) is 5.78 Å². The molecule has 4 amide bonds. The number of ether oxygens (including phenoxy) is 1. The van der Waals surface area contributed by atoms with Crippen LogP contribution in [0.1, 0.15) is 68.7 Å². The van der Waals surface area contributed by atoms with Gasteiger partial charge in [-0.15, -0.1) is 0 Å². The molecule has 3 fully saturated rings. The van der Waals surface area contributed by atoms with Gasteiger partial charge in [0.25, 0.3) is 11.8 Å². The number of ketones is 1. The predicted molar refractivity (Wildman–Crippen MR) is 225 cm³/mol. The van der Waals surface area contributed by atoms with Crippen molar-refractivity contribution in [2.75, 3.05) is 62.6 Å². The molecule has 6 heterocycles. The standard InChI is InChI=1S/C44H44ClN9O6/c45-35-24-30(60-29-5-2-1-3-6-29)8-10-32(35)39(56)34-25-46-40-38(34)41(48-26-47-40)49-27-13-17-51(18-14-27)15-4-16-52-19-21-53(22-20-52)28-7-9-31-33(23-28)44(59)54(43(31)58)36-11-12-37(55)50-42(36)57/h1-3,5-10,23-27,36H,4,11-22H2,(H,50,55,57)(H2,46,47,48,49). The number of imide groups is 2. The SMILES string of the molecule is O=C1CCC(N2C(=O)c3ccc(N4CCN(CCCN5CCC(Nc6ncnc7[nH]cc(C(=O)c8ccc(Oc9ccccc9)cc8Cl)c67)CC5)CC4)cc3C2=O)C(=O)N1. The van der Waals surface area contributed by atoms with E-state index in [2.05, 4.69) is 40.3 Å². The number of likely N-dealkylation sites (tertiary alicyclic amines) is 1. The monoisotopic (exact) mass is 829 g/mol. The minimum Gasteiger partial charge on any atom is -0.457 e. The summed E-state index contributed by atoms with van der Waals surface area (Å²) in [6.07, 6.45) is 6.31. The first-order chi connectivity index (χ1) is 29.2. The van der Waals surface area contributed by atoms with Crippen LogP contribution in [0.3, 0.4) is 0 Å². The van der Waals surface area contributed by atoms with E-state index in [4.69, 9.17) is 16.3 Å². The third kappa shape index (κ3) is 7.95. The van der Waals surface area contributed by atoms with Crippen LogP contribution in [0.25, 0.3) is 11.0 Å². The highest BCUT2D eigenvalue weighted by molar-refractivity contribution is 6.36. The molecule has 9 rings (SSSR count). The van der Waals surface area contributed by atoms with Gasteiger partial charge in [0.05, 0.1) is 27.1 Å². The van der Waals surface area contributed by atoms with Crippen molar-refractivity contribution in [3.63, 3.8) is 0 Å². The first-order valence-corrected chi connectivity index (χ1v) is 20.8. The molecule has 308 valence electrons. The maximum absolute atomic E-state index is 13.8. The Hall–Kier alpha value is -6.16. The number of nitrogens with zero attached hydrogens (tertiary/aromatic N) is 6. The molecule has 1 atom stereocenters. The molecule has 4 aliphatic rings. The first kappa shape index (κ1) is 39.3. The number of H-pyrrole nitrogens is 1. The number of carbonyl (C=O) groups excluding carboxylic acids is 5. The molecule has 3 N–H and O–H groups in total. The molecule has 3 saturated heterocycles. The maximum atomic E-state index is 13.8. The van der Waals surface area contributed by atoms with Crippen LogP contribution in [-0.2, 0) is 9.59 Å². The minimum atomic E-state index is -0.976. The summed E-state index contributed by atoms with van der Waals surface area (Å²) in [6, 6.07) is 19.0. The van der Waals surface area contributed by atoms with Gasteiger partial charge in [-0.2, -0.15) is 0 Å². The topological polar surface area (TPSA) is 173 Å². The van der Waals surface area contributed by atoms with E-state index in [0.717, 1.165) is 82.2 Å². The van der Waals surface area contributed by atoms with Gasteiger partial charge in [0, 0.05) is 75.2 Å². The molecule has 4 aliphatic heterocycles. The lowest BCUT2D eigenvalue weighted by Gasteiger charge is -2.37. The summed E-state index contributed by atoms with van der Waals surface area (Å²) in [6.45, 7) is 7.25. The Morgan fingerprint density at radius 3 is 2.30 bits per heavy atom. The lowest BCUT2D eigenvalue weighted by Crippen LogP contribution is -2.54. The lowest BCUT2D eigenvalue weighted by atomic mass is 10.0. The van der Waals surface area contributed by atoms with E-state index < -0.39 is 29.7 Å². The molecule has 0 saturated carbocycles. The summed E-state index contributed by atoms with van der Waals surface area (Å²) in [7, 11) is 0. The van der Waals surface area contributed by atoms with Crippen LogP contribution in [0.5, 0.6) is 11.5 Å². The quantitative estimate of drug-likeness (QED) is 0.112. The van der Waals surface area contributed by atoms with Gasteiger partial charge < -0.3 is 24.8 Å². The zero-order chi connectivity index (χ0) is 41.3. The van der Waals surface area contributed by atoms with E-state index in [1.807, 2.05) is 36.4 Å². The zero-order valence-electron chi connectivity index (χ0n) is 32.9. The number of hydrogen-bond acceptors (Lipinski definition) is 12. The number of amides is 4. The van der Waals surface area contributed by atoms with E-state index >= 15 is 0 Å². The summed E-state index contributed by atoms with van der Waals surface area (Å²) >= 11 is 6.63. The smallest absolute Gasteiger partial charge is 0.262 e. The molecule has 5 aromatic rings. The zero-order valence-corrected chi connectivity index (χ0v) is 33.6. The molecular weight excluding hydrogens is 786 g/mol. The largest absolute Gasteiger partial charge is 0.457 e. The highest BCUT2D eigenvalue weighted by Crippen LogP contribution is 2.33. The van der Waals surface area contributed by atoms with Crippen molar-refractivity contribution in [2.45, 2.75) is 44.2 Å². The number of nitrogens with one attached hydrogen (secondary N) is 3. The number of aromatic amines is 1. The van der Waals surface area contributed by atoms with Crippen molar-refractivity contribution >= 4 is 63.6 Å². The molecule has 0 bridgehead atoms. The number of anilines is 2. The Morgan fingerprint density at radius 2 is 1.55 bits per heavy atom. The molecular formula is C44H44ClN9O6.